The smallest absolute Gasteiger partial charge is 0.255 e. The van der Waals surface area contributed by atoms with Crippen LogP contribution in [0.4, 0.5) is 5.69 Å². The van der Waals surface area contributed by atoms with Crippen LogP contribution in [0.15, 0.2) is 18.2 Å². The Morgan fingerprint density at radius 1 is 1.20 bits per heavy atom. The fourth-order valence-corrected chi connectivity index (χ4v) is 3.38. The summed E-state index contributed by atoms with van der Waals surface area (Å²) in [5.41, 5.74) is 7.19. The van der Waals surface area contributed by atoms with E-state index in [-0.39, 0.29) is 37.1 Å². The van der Waals surface area contributed by atoms with Crippen LogP contribution in [0.3, 0.4) is 0 Å². The Labute approximate surface area is 176 Å². The van der Waals surface area contributed by atoms with Gasteiger partial charge >= 0.3 is 0 Å². The quantitative estimate of drug-likeness (QED) is 0.271. The summed E-state index contributed by atoms with van der Waals surface area (Å²) in [6.07, 6.45) is 3.06. The van der Waals surface area contributed by atoms with Gasteiger partial charge in [-0.1, -0.05) is 6.07 Å². The highest BCUT2D eigenvalue weighted by atomic mass is 16.2. The normalized spacial score (nSPS) is 13.7. The molecule has 0 aromatic heterocycles. The van der Waals surface area contributed by atoms with Crippen LogP contribution >= 0.6 is 0 Å². The molecule has 0 saturated carbocycles. The fourth-order valence-electron chi connectivity index (χ4n) is 3.38. The van der Waals surface area contributed by atoms with Gasteiger partial charge in [0.25, 0.3) is 5.91 Å². The van der Waals surface area contributed by atoms with E-state index >= 15 is 0 Å². The highest BCUT2D eigenvalue weighted by Crippen LogP contribution is 2.31. The van der Waals surface area contributed by atoms with Crippen molar-refractivity contribution in [2.24, 2.45) is 5.73 Å². The van der Waals surface area contributed by atoms with Gasteiger partial charge < -0.3 is 31.4 Å². The minimum atomic E-state index is -0.689. The Balaban J connectivity index is 1.96. The number of nitrogens with two attached hydrogens (primary N) is 1. The molecule has 1 unspecified atom stereocenters. The number of nitrogens with zero attached hydrogens (tertiary/aromatic N) is 1. The van der Waals surface area contributed by atoms with Gasteiger partial charge in [-0.05, 0) is 51.0 Å². The third kappa shape index (κ3) is 6.36. The van der Waals surface area contributed by atoms with Crippen LogP contribution < -0.4 is 21.7 Å². The summed E-state index contributed by atoms with van der Waals surface area (Å²) in [5, 5.41) is 8.62. The SMILES string of the molecule is CNC(=O)CCC(C=O)N1Cc2c(NC(=O)CCCNCCCN)cccc2C1=O. The molecule has 9 nitrogen and oxygen atoms in total. The van der Waals surface area contributed by atoms with Crippen LogP contribution in [0.25, 0.3) is 0 Å². The second kappa shape index (κ2) is 12.0. The average Bonchev–Trinajstić information content (AvgIpc) is 3.08. The first-order valence-corrected chi connectivity index (χ1v) is 10.3. The van der Waals surface area contributed by atoms with E-state index in [0.29, 0.717) is 42.5 Å². The van der Waals surface area contributed by atoms with Crippen molar-refractivity contribution < 1.29 is 19.2 Å². The van der Waals surface area contributed by atoms with Gasteiger partial charge in [-0.3, -0.25) is 14.4 Å². The molecule has 9 heteroatoms. The second-order valence-electron chi connectivity index (χ2n) is 7.22. The fraction of sp³-hybridized carbons (Fsp3) is 0.524. The van der Waals surface area contributed by atoms with Gasteiger partial charge in [0.05, 0.1) is 6.04 Å². The van der Waals surface area contributed by atoms with Gasteiger partial charge in [-0.25, -0.2) is 0 Å². The Kier molecular flexibility index (Phi) is 9.43. The zero-order valence-corrected chi connectivity index (χ0v) is 17.4. The van der Waals surface area contributed by atoms with Gasteiger partial charge in [-0.15, -0.1) is 0 Å². The maximum Gasteiger partial charge on any atom is 0.255 e. The molecule has 164 valence electrons. The van der Waals surface area contributed by atoms with Crippen molar-refractivity contribution in [2.75, 3.05) is 32.0 Å². The Hall–Kier alpha value is -2.78. The maximum absolute atomic E-state index is 12.8. The third-order valence-electron chi connectivity index (χ3n) is 5.09. The summed E-state index contributed by atoms with van der Waals surface area (Å²) in [6.45, 7) is 2.43. The monoisotopic (exact) mass is 417 g/mol. The van der Waals surface area contributed by atoms with E-state index < -0.39 is 6.04 Å². The number of nitrogens with one attached hydrogen (secondary N) is 3. The molecule has 0 spiro atoms. The van der Waals surface area contributed by atoms with Crippen LogP contribution in [0.1, 0.15) is 48.0 Å². The topological polar surface area (TPSA) is 134 Å². The summed E-state index contributed by atoms with van der Waals surface area (Å²) >= 11 is 0. The number of aldehydes is 1. The average molecular weight is 418 g/mol. The van der Waals surface area contributed by atoms with Gasteiger partial charge in [0.2, 0.25) is 11.8 Å². The van der Waals surface area contributed by atoms with Crippen molar-refractivity contribution in [2.45, 2.75) is 44.7 Å². The number of carbonyl (C=O) groups is 4. The number of fused-ring (bicyclic) bond motifs is 1. The molecule has 0 fully saturated rings. The predicted octanol–water partition coefficient (Wildman–Crippen LogP) is 0.393. The highest BCUT2D eigenvalue weighted by molar-refractivity contribution is 6.03. The first-order valence-electron chi connectivity index (χ1n) is 10.3. The van der Waals surface area contributed by atoms with Crippen molar-refractivity contribution in [3.05, 3.63) is 29.3 Å². The minimum absolute atomic E-state index is 0.124. The predicted molar refractivity (Wildman–Crippen MR) is 114 cm³/mol. The summed E-state index contributed by atoms with van der Waals surface area (Å²) in [5.74, 6) is -0.572. The molecule has 1 atom stereocenters. The van der Waals surface area contributed by atoms with Crippen molar-refractivity contribution in [3.63, 3.8) is 0 Å². The first kappa shape index (κ1) is 23.5. The number of amides is 3. The standard InChI is InChI=1S/C21H31N5O4/c1-23-19(28)9-8-15(14-27)26-13-17-16(21(26)30)5-2-6-18(17)25-20(29)7-3-11-24-12-4-10-22/h2,5-6,14-15,24H,3-4,7-13,22H2,1H3,(H,23,28)(H,25,29). The second-order valence-corrected chi connectivity index (χ2v) is 7.22. The molecule has 1 aliphatic rings. The molecule has 1 aliphatic heterocycles. The van der Waals surface area contributed by atoms with Gasteiger partial charge in [0.15, 0.2) is 0 Å². The van der Waals surface area contributed by atoms with Crippen LogP contribution in [0.5, 0.6) is 0 Å². The van der Waals surface area contributed by atoms with E-state index in [1.165, 1.54) is 11.9 Å². The highest BCUT2D eigenvalue weighted by Gasteiger charge is 2.34. The molecular weight excluding hydrogens is 386 g/mol. The number of hydrogen-bond donors (Lipinski definition) is 4. The molecule has 3 amide bonds. The van der Waals surface area contributed by atoms with Crippen LogP contribution in [0.2, 0.25) is 0 Å². The summed E-state index contributed by atoms with van der Waals surface area (Å²) < 4.78 is 0. The number of carbonyl (C=O) groups excluding carboxylic acids is 4. The lowest BCUT2D eigenvalue weighted by atomic mass is 10.1. The van der Waals surface area contributed by atoms with Crippen molar-refractivity contribution in [1.29, 1.82) is 0 Å². The van der Waals surface area contributed by atoms with Crippen molar-refractivity contribution >= 4 is 29.7 Å². The van der Waals surface area contributed by atoms with E-state index in [9.17, 15) is 19.2 Å². The number of anilines is 1. The first-order chi connectivity index (χ1) is 14.5. The van der Waals surface area contributed by atoms with Gasteiger partial charge in [-0.2, -0.15) is 0 Å². The van der Waals surface area contributed by atoms with Crippen LogP contribution in [0, 0.1) is 0 Å². The van der Waals surface area contributed by atoms with E-state index in [4.69, 9.17) is 5.73 Å². The van der Waals surface area contributed by atoms with Crippen molar-refractivity contribution in [3.8, 4) is 0 Å². The molecule has 0 saturated heterocycles. The molecule has 2 rings (SSSR count). The van der Waals surface area contributed by atoms with E-state index in [1.54, 1.807) is 18.2 Å². The molecule has 0 bridgehead atoms. The zero-order chi connectivity index (χ0) is 21.9. The van der Waals surface area contributed by atoms with Crippen LogP contribution in [-0.2, 0) is 20.9 Å². The number of hydrogen-bond acceptors (Lipinski definition) is 6. The Bertz CT molecular complexity index is 768. The molecule has 1 heterocycles. The molecule has 5 N–H and O–H groups in total. The molecule has 0 aliphatic carbocycles. The van der Waals surface area contributed by atoms with Crippen LogP contribution in [-0.4, -0.2) is 61.6 Å². The van der Waals surface area contributed by atoms with Gasteiger partial charge in [0.1, 0.15) is 6.29 Å². The lowest BCUT2D eigenvalue weighted by Crippen LogP contribution is -2.37. The minimum Gasteiger partial charge on any atom is -0.359 e. The van der Waals surface area contributed by atoms with Crippen molar-refractivity contribution in [1.82, 2.24) is 15.5 Å². The zero-order valence-electron chi connectivity index (χ0n) is 17.4. The Morgan fingerprint density at radius 3 is 2.67 bits per heavy atom. The summed E-state index contributed by atoms with van der Waals surface area (Å²) in [4.78, 5) is 49.6. The Morgan fingerprint density at radius 2 is 1.97 bits per heavy atom. The summed E-state index contributed by atoms with van der Waals surface area (Å²) in [6, 6.07) is 4.47. The number of benzene rings is 1. The molecular formula is C21H31N5O4. The molecule has 1 aromatic rings. The largest absolute Gasteiger partial charge is 0.359 e. The van der Waals surface area contributed by atoms with E-state index in [2.05, 4.69) is 16.0 Å². The lowest BCUT2D eigenvalue weighted by Gasteiger charge is -2.22. The number of rotatable bonds is 13. The van der Waals surface area contributed by atoms with Gasteiger partial charge in [0, 0.05) is 43.2 Å². The maximum atomic E-state index is 12.8. The molecule has 30 heavy (non-hydrogen) atoms. The van der Waals surface area contributed by atoms with E-state index in [1.807, 2.05) is 0 Å². The third-order valence-corrected chi connectivity index (χ3v) is 5.09. The molecule has 0 radical (unpaired) electrons. The molecule has 1 aromatic carbocycles. The van der Waals surface area contributed by atoms with E-state index in [0.717, 1.165) is 19.5 Å². The summed E-state index contributed by atoms with van der Waals surface area (Å²) in [7, 11) is 1.53. The lowest BCUT2D eigenvalue weighted by molar-refractivity contribution is -0.121.